The molecule has 0 amide bonds. The molecule has 0 N–H and O–H groups in total. The molecule has 0 aromatic heterocycles. The second kappa shape index (κ2) is 6.69. The van der Waals surface area contributed by atoms with Crippen molar-refractivity contribution in [2.45, 2.75) is 11.4 Å². The average Bonchev–Trinajstić information content (AvgIpc) is 2.76. The Morgan fingerprint density at radius 2 is 2.00 bits per heavy atom. The van der Waals surface area contributed by atoms with E-state index in [1.807, 2.05) is 48.2 Å². The van der Waals surface area contributed by atoms with Crippen LogP contribution in [0, 0.1) is 0 Å². The molecule has 1 heterocycles. The van der Waals surface area contributed by atoms with Crippen molar-refractivity contribution in [2.75, 3.05) is 19.4 Å². The first-order valence-corrected chi connectivity index (χ1v) is 9.26. The summed E-state index contributed by atoms with van der Waals surface area (Å²) in [5, 5.41) is 0.929. The molecule has 21 heavy (non-hydrogen) atoms. The lowest BCUT2D eigenvalue weighted by Crippen LogP contribution is -2.20. The predicted octanol–water partition coefficient (Wildman–Crippen LogP) is 3.40. The highest BCUT2D eigenvalue weighted by Crippen LogP contribution is 2.36. The first kappa shape index (κ1) is 14.7. The monoisotopic (exact) mass is 319 g/mol. The third-order valence-corrected chi connectivity index (χ3v) is 6.43. The van der Waals surface area contributed by atoms with Crippen LogP contribution in [0.5, 0.6) is 5.75 Å². The van der Waals surface area contributed by atoms with Crippen LogP contribution >= 0.6 is 19.7 Å². The summed E-state index contributed by atoms with van der Waals surface area (Å²) in [6.07, 6.45) is 0. The van der Waals surface area contributed by atoms with Gasteiger partial charge in [0.2, 0.25) is 0 Å². The van der Waals surface area contributed by atoms with Gasteiger partial charge in [0.1, 0.15) is 5.75 Å². The maximum Gasteiger partial charge on any atom is 0.167 e. The standard InChI is InChI=1S/C16H18NO2PS/c1-19-14-7-8-16-13(11-14)12-17(9-10-21-16)20(18)15-5-3-2-4-6-15/h2-8,11,20H,9-10,12H2,1H3. The van der Waals surface area contributed by atoms with Crippen molar-refractivity contribution < 1.29 is 9.30 Å². The Kier molecular flexibility index (Phi) is 4.69. The molecule has 0 saturated heterocycles. The molecule has 0 aliphatic carbocycles. The van der Waals surface area contributed by atoms with E-state index in [9.17, 15) is 4.57 Å². The van der Waals surface area contributed by atoms with Crippen LogP contribution in [0.25, 0.3) is 0 Å². The number of nitrogens with zero attached hydrogens (tertiary/aromatic N) is 1. The minimum atomic E-state index is -1.92. The summed E-state index contributed by atoms with van der Waals surface area (Å²) in [6, 6.07) is 15.9. The minimum Gasteiger partial charge on any atom is -0.497 e. The Balaban J connectivity index is 1.86. The molecule has 0 radical (unpaired) electrons. The summed E-state index contributed by atoms with van der Waals surface area (Å²) in [6.45, 7) is 1.56. The van der Waals surface area contributed by atoms with Gasteiger partial charge in [-0.25, -0.2) is 4.67 Å². The molecule has 0 saturated carbocycles. The fourth-order valence-corrected chi connectivity index (χ4v) is 5.07. The van der Waals surface area contributed by atoms with Crippen LogP contribution in [0.4, 0.5) is 0 Å². The second-order valence-corrected chi connectivity index (χ2v) is 7.87. The van der Waals surface area contributed by atoms with E-state index in [1.165, 1.54) is 10.5 Å². The largest absolute Gasteiger partial charge is 0.497 e. The maximum absolute atomic E-state index is 12.8. The van der Waals surface area contributed by atoms with Crippen molar-refractivity contribution in [2.24, 2.45) is 0 Å². The number of benzene rings is 2. The van der Waals surface area contributed by atoms with Crippen molar-refractivity contribution in [3.8, 4) is 5.75 Å². The van der Waals surface area contributed by atoms with Gasteiger partial charge < -0.3 is 9.30 Å². The lowest BCUT2D eigenvalue weighted by Gasteiger charge is -2.20. The highest BCUT2D eigenvalue weighted by Gasteiger charge is 2.20. The number of hydrogen-bond donors (Lipinski definition) is 0. The molecule has 0 spiro atoms. The van der Waals surface area contributed by atoms with Crippen LogP contribution in [0.2, 0.25) is 0 Å². The Hall–Kier alpha value is -1.22. The van der Waals surface area contributed by atoms with E-state index in [1.54, 1.807) is 7.11 Å². The van der Waals surface area contributed by atoms with Gasteiger partial charge in [-0.05, 0) is 23.8 Å². The van der Waals surface area contributed by atoms with Crippen molar-refractivity contribution in [1.82, 2.24) is 4.67 Å². The molecule has 1 unspecified atom stereocenters. The molecule has 110 valence electrons. The highest BCUT2D eigenvalue weighted by atomic mass is 32.2. The molecular weight excluding hydrogens is 301 g/mol. The lowest BCUT2D eigenvalue weighted by atomic mass is 10.2. The topological polar surface area (TPSA) is 29.5 Å². The van der Waals surface area contributed by atoms with Crippen LogP contribution in [-0.2, 0) is 11.1 Å². The molecule has 1 aliphatic rings. The van der Waals surface area contributed by atoms with Crippen molar-refractivity contribution in [1.29, 1.82) is 0 Å². The maximum atomic E-state index is 12.8. The zero-order valence-corrected chi connectivity index (χ0v) is 13.7. The quantitative estimate of drug-likeness (QED) is 0.811. The van der Waals surface area contributed by atoms with E-state index in [0.717, 1.165) is 23.4 Å². The van der Waals surface area contributed by atoms with Crippen LogP contribution < -0.4 is 10.0 Å². The number of thioether (sulfide) groups is 1. The zero-order valence-electron chi connectivity index (χ0n) is 11.9. The van der Waals surface area contributed by atoms with Gasteiger partial charge >= 0.3 is 0 Å². The van der Waals surface area contributed by atoms with Crippen LogP contribution in [0.1, 0.15) is 5.56 Å². The Labute approximate surface area is 130 Å². The summed E-state index contributed by atoms with van der Waals surface area (Å²) in [5.74, 6) is 1.82. The van der Waals surface area contributed by atoms with E-state index in [4.69, 9.17) is 4.74 Å². The van der Waals surface area contributed by atoms with Gasteiger partial charge in [-0.15, -0.1) is 11.8 Å². The van der Waals surface area contributed by atoms with Crippen LogP contribution in [0.15, 0.2) is 53.4 Å². The molecule has 1 atom stereocenters. The van der Waals surface area contributed by atoms with E-state index >= 15 is 0 Å². The molecule has 2 aromatic rings. The van der Waals surface area contributed by atoms with E-state index < -0.39 is 7.95 Å². The molecule has 3 rings (SSSR count). The summed E-state index contributed by atoms with van der Waals surface area (Å²) in [7, 11) is -0.246. The van der Waals surface area contributed by atoms with E-state index in [-0.39, 0.29) is 0 Å². The SMILES string of the molecule is COc1ccc2c(c1)CN([PH](=O)c1ccccc1)CCS2. The molecule has 3 nitrogen and oxygen atoms in total. The van der Waals surface area contributed by atoms with Gasteiger partial charge in [0.05, 0.1) is 7.11 Å². The zero-order chi connectivity index (χ0) is 14.7. The van der Waals surface area contributed by atoms with Crippen molar-refractivity contribution >= 4 is 25.0 Å². The molecule has 5 heteroatoms. The second-order valence-electron chi connectivity index (χ2n) is 4.91. The summed E-state index contributed by atoms with van der Waals surface area (Å²) in [5.41, 5.74) is 1.20. The van der Waals surface area contributed by atoms with Gasteiger partial charge in [0.15, 0.2) is 7.95 Å². The summed E-state index contributed by atoms with van der Waals surface area (Å²) >= 11 is 1.83. The summed E-state index contributed by atoms with van der Waals surface area (Å²) in [4.78, 5) is 1.26. The number of rotatable bonds is 3. The van der Waals surface area contributed by atoms with Crippen LogP contribution in [0.3, 0.4) is 0 Å². The van der Waals surface area contributed by atoms with E-state index in [0.29, 0.717) is 6.54 Å². The Morgan fingerprint density at radius 1 is 1.19 bits per heavy atom. The molecule has 0 fully saturated rings. The Bertz CT molecular complexity index is 648. The van der Waals surface area contributed by atoms with Gasteiger partial charge in [-0.1, -0.05) is 30.3 Å². The third-order valence-electron chi connectivity index (χ3n) is 3.56. The fraction of sp³-hybridized carbons (Fsp3) is 0.250. The molecule has 2 aromatic carbocycles. The minimum absolute atomic E-state index is 0.715. The first-order valence-electron chi connectivity index (χ1n) is 6.92. The van der Waals surface area contributed by atoms with Gasteiger partial charge in [-0.2, -0.15) is 0 Å². The number of hydrogen-bond acceptors (Lipinski definition) is 3. The predicted molar refractivity (Wildman–Crippen MR) is 89.2 cm³/mol. The van der Waals surface area contributed by atoms with Crippen molar-refractivity contribution in [3.05, 3.63) is 54.1 Å². The smallest absolute Gasteiger partial charge is 0.167 e. The van der Waals surface area contributed by atoms with Crippen molar-refractivity contribution in [3.63, 3.8) is 0 Å². The van der Waals surface area contributed by atoms with Crippen LogP contribution in [-0.4, -0.2) is 24.1 Å². The summed E-state index contributed by atoms with van der Waals surface area (Å²) < 4.78 is 20.2. The van der Waals surface area contributed by atoms with Gasteiger partial charge in [0.25, 0.3) is 0 Å². The fourth-order valence-electron chi connectivity index (χ4n) is 2.43. The average molecular weight is 319 g/mol. The van der Waals surface area contributed by atoms with E-state index in [2.05, 4.69) is 16.8 Å². The van der Waals surface area contributed by atoms with Gasteiger partial charge in [-0.3, -0.25) is 0 Å². The third kappa shape index (κ3) is 3.34. The van der Waals surface area contributed by atoms with Gasteiger partial charge in [0, 0.05) is 29.0 Å². The first-order chi connectivity index (χ1) is 10.3. The molecular formula is C16H18NO2PS. The number of methoxy groups -OCH3 is 1. The molecule has 0 bridgehead atoms. The molecule has 1 aliphatic heterocycles. The highest BCUT2D eigenvalue weighted by molar-refractivity contribution is 7.99. The number of fused-ring (bicyclic) bond motifs is 1. The lowest BCUT2D eigenvalue weighted by molar-refractivity contribution is 0.410. The Morgan fingerprint density at radius 3 is 2.76 bits per heavy atom. The normalized spacial score (nSPS) is 16.8. The number of ether oxygens (including phenoxy) is 1.